The Morgan fingerprint density at radius 2 is 2.04 bits per heavy atom. The lowest BCUT2D eigenvalue weighted by molar-refractivity contribution is 0.0939. The molecule has 1 atom stereocenters. The average molecular weight is 350 g/mol. The van der Waals surface area contributed by atoms with Gasteiger partial charge in [-0.1, -0.05) is 30.3 Å². The van der Waals surface area contributed by atoms with Gasteiger partial charge in [0.1, 0.15) is 17.8 Å². The van der Waals surface area contributed by atoms with Crippen molar-refractivity contribution in [3.63, 3.8) is 0 Å². The van der Waals surface area contributed by atoms with E-state index in [4.69, 9.17) is 0 Å². The lowest BCUT2D eigenvalue weighted by Gasteiger charge is -2.42. The maximum absolute atomic E-state index is 10.2. The normalized spacial score (nSPS) is 20.6. The second-order valence-electron chi connectivity index (χ2n) is 7.46. The lowest BCUT2D eigenvalue weighted by atomic mass is 9.76. The lowest BCUT2D eigenvalue weighted by Crippen LogP contribution is -2.46. The van der Waals surface area contributed by atoms with E-state index in [-0.39, 0.29) is 12.0 Å². The molecule has 1 aromatic carbocycles. The van der Waals surface area contributed by atoms with Gasteiger partial charge in [0.2, 0.25) is 0 Å². The molecule has 1 saturated heterocycles. The van der Waals surface area contributed by atoms with Crippen molar-refractivity contribution in [1.82, 2.24) is 15.0 Å². The molecule has 26 heavy (non-hydrogen) atoms. The number of piperidine rings is 1. The van der Waals surface area contributed by atoms with Crippen LogP contribution in [0.2, 0.25) is 0 Å². The Balaban J connectivity index is 1.47. The van der Waals surface area contributed by atoms with E-state index in [2.05, 4.69) is 50.2 Å². The molecule has 3 aromatic rings. The largest absolute Gasteiger partial charge is 0.396 e. The molecule has 0 spiro atoms. The molecule has 0 amide bonds. The van der Waals surface area contributed by atoms with Gasteiger partial charge >= 0.3 is 0 Å². The quantitative estimate of drug-likeness (QED) is 0.713. The first-order chi connectivity index (χ1) is 12.8. The number of nitrogens with zero attached hydrogens (tertiary/aromatic N) is 3. The van der Waals surface area contributed by atoms with Crippen LogP contribution in [0.5, 0.6) is 0 Å². The zero-order valence-corrected chi connectivity index (χ0v) is 15.1. The molecule has 2 N–H and O–H groups in total. The van der Waals surface area contributed by atoms with Crippen LogP contribution in [-0.4, -0.2) is 39.8 Å². The number of rotatable bonds is 6. The van der Waals surface area contributed by atoms with E-state index in [1.54, 1.807) is 6.33 Å². The molecule has 4 rings (SSSR count). The van der Waals surface area contributed by atoms with Gasteiger partial charge in [-0.25, -0.2) is 9.97 Å². The highest BCUT2D eigenvalue weighted by Crippen LogP contribution is 2.37. The molecule has 1 aliphatic heterocycles. The first-order valence-electron chi connectivity index (χ1n) is 9.48. The predicted molar refractivity (Wildman–Crippen MR) is 104 cm³/mol. The van der Waals surface area contributed by atoms with Crippen LogP contribution in [0.4, 0.5) is 5.82 Å². The average Bonchev–Trinajstić information content (AvgIpc) is 3.18. The van der Waals surface area contributed by atoms with E-state index < -0.39 is 0 Å². The summed E-state index contributed by atoms with van der Waals surface area (Å²) in [5, 5.41) is 11.3. The number of benzene rings is 1. The maximum Gasteiger partial charge on any atom is 0.142 e. The van der Waals surface area contributed by atoms with Crippen molar-refractivity contribution in [3.8, 4) is 0 Å². The Kier molecular flexibility index (Phi) is 4.89. The van der Waals surface area contributed by atoms with Gasteiger partial charge in [0.05, 0.1) is 12.0 Å². The second kappa shape index (κ2) is 7.46. The number of aliphatic hydroxyl groups excluding tert-OH is 1. The Bertz CT molecular complexity index is 847. The fraction of sp³-hybridized carbons (Fsp3) is 0.429. The summed E-state index contributed by atoms with van der Waals surface area (Å²) in [6.07, 6.45) is 8.90. The summed E-state index contributed by atoms with van der Waals surface area (Å²) in [5.41, 5.74) is 2.21. The Labute approximate surface area is 154 Å². The number of nitrogens with one attached hydrogen (secondary N) is 1. The first kappa shape index (κ1) is 17.0. The molecule has 0 aliphatic carbocycles. The second-order valence-corrected chi connectivity index (χ2v) is 7.46. The van der Waals surface area contributed by atoms with Crippen molar-refractivity contribution in [2.75, 3.05) is 24.6 Å². The van der Waals surface area contributed by atoms with Gasteiger partial charge in [-0.3, -0.25) is 0 Å². The molecule has 136 valence electrons. The minimum atomic E-state index is -0.0411. The molecule has 1 fully saturated rings. The monoisotopic (exact) mass is 350 g/mol. The molecule has 1 aliphatic rings. The fourth-order valence-electron chi connectivity index (χ4n) is 4.22. The number of aliphatic hydroxyl groups is 1. The van der Waals surface area contributed by atoms with E-state index in [0.717, 1.165) is 62.0 Å². The first-order valence-corrected chi connectivity index (χ1v) is 9.48. The smallest absolute Gasteiger partial charge is 0.142 e. The van der Waals surface area contributed by atoms with Gasteiger partial charge in [-0.05, 0) is 43.7 Å². The van der Waals surface area contributed by atoms with Gasteiger partial charge in [-0.15, -0.1) is 0 Å². The van der Waals surface area contributed by atoms with Crippen molar-refractivity contribution in [2.24, 2.45) is 5.41 Å². The Hall–Kier alpha value is -2.40. The summed E-state index contributed by atoms with van der Waals surface area (Å²) in [6.45, 7) is 2.08. The topological polar surface area (TPSA) is 65.0 Å². The predicted octanol–water partition coefficient (Wildman–Crippen LogP) is 3.56. The van der Waals surface area contributed by atoms with Gasteiger partial charge in [0, 0.05) is 24.7 Å². The van der Waals surface area contributed by atoms with Crippen LogP contribution in [0.25, 0.3) is 11.0 Å². The molecule has 0 unspecified atom stereocenters. The summed E-state index contributed by atoms with van der Waals surface area (Å²) in [4.78, 5) is 14.3. The summed E-state index contributed by atoms with van der Waals surface area (Å²) in [6, 6.07) is 12.6. The molecule has 0 bridgehead atoms. The van der Waals surface area contributed by atoms with Crippen molar-refractivity contribution in [3.05, 3.63) is 54.5 Å². The SMILES string of the molecule is OC[C@@]1(CCCc2ccccc2)CCCN(c2ncnc3[nH]ccc23)C1. The third-order valence-electron chi connectivity index (χ3n) is 5.64. The van der Waals surface area contributed by atoms with Crippen LogP contribution < -0.4 is 4.90 Å². The van der Waals surface area contributed by atoms with Crippen LogP contribution in [0.1, 0.15) is 31.2 Å². The van der Waals surface area contributed by atoms with Gasteiger partial charge < -0.3 is 15.0 Å². The number of aryl methyl sites for hydroxylation is 1. The highest BCUT2D eigenvalue weighted by molar-refractivity contribution is 5.87. The number of hydrogen-bond acceptors (Lipinski definition) is 4. The van der Waals surface area contributed by atoms with Crippen molar-refractivity contribution in [2.45, 2.75) is 32.1 Å². The molecule has 5 heteroatoms. The van der Waals surface area contributed by atoms with E-state index in [1.807, 2.05) is 12.3 Å². The highest BCUT2D eigenvalue weighted by Gasteiger charge is 2.35. The minimum absolute atomic E-state index is 0.0411. The molecule has 2 aromatic heterocycles. The van der Waals surface area contributed by atoms with E-state index >= 15 is 0 Å². The van der Waals surface area contributed by atoms with Crippen LogP contribution in [0.15, 0.2) is 48.9 Å². The Morgan fingerprint density at radius 1 is 1.15 bits per heavy atom. The van der Waals surface area contributed by atoms with Crippen molar-refractivity contribution < 1.29 is 5.11 Å². The maximum atomic E-state index is 10.2. The number of aromatic amines is 1. The molecule has 3 heterocycles. The zero-order valence-electron chi connectivity index (χ0n) is 15.1. The van der Waals surface area contributed by atoms with Crippen LogP contribution in [-0.2, 0) is 6.42 Å². The standard InChI is InChI=1S/C21H26N4O/c26-15-21(10-4-8-17-6-2-1-3-7-17)11-5-13-25(14-21)20-18-9-12-22-19(18)23-16-24-20/h1-3,6-7,9,12,16,26H,4-5,8,10-11,13-15H2,(H,22,23,24)/t21-/m0/s1. The van der Waals surface area contributed by atoms with Crippen molar-refractivity contribution >= 4 is 16.9 Å². The van der Waals surface area contributed by atoms with Gasteiger partial charge in [0.25, 0.3) is 0 Å². The molecular formula is C21H26N4O. The number of aromatic nitrogens is 3. The zero-order chi connectivity index (χ0) is 17.8. The van der Waals surface area contributed by atoms with E-state index in [1.165, 1.54) is 5.56 Å². The van der Waals surface area contributed by atoms with E-state index in [9.17, 15) is 5.11 Å². The number of fused-ring (bicyclic) bond motifs is 1. The summed E-state index contributed by atoms with van der Waals surface area (Å²) >= 11 is 0. The fourth-order valence-corrected chi connectivity index (χ4v) is 4.22. The third-order valence-corrected chi connectivity index (χ3v) is 5.64. The summed E-state index contributed by atoms with van der Waals surface area (Å²) in [7, 11) is 0. The van der Waals surface area contributed by atoms with Crippen LogP contribution in [0, 0.1) is 5.41 Å². The summed E-state index contributed by atoms with van der Waals surface area (Å²) < 4.78 is 0. The van der Waals surface area contributed by atoms with Gasteiger partial charge in [0.15, 0.2) is 0 Å². The van der Waals surface area contributed by atoms with E-state index in [0.29, 0.717) is 0 Å². The Morgan fingerprint density at radius 3 is 2.88 bits per heavy atom. The minimum Gasteiger partial charge on any atom is -0.396 e. The summed E-state index contributed by atoms with van der Waals surface area (Å²) in [5.74, 6) is 0.983. The van der Waals surface area contributed by atoms with Crippen LogP contribution in [0.3, 0.4) is 0 Å². The number of H-pyrrole nitrogens is 1. The molecule has 0 saturated carbocycles. The van der Waals surface area contributed by atoms with Crippen molar-refractivity contribution in [1.29, 1.82) is 0 Å². The third kappa shape index (κ3) is 3.44. The highest BCUT2D eigenvalue weighted by atomic mass is 16.3. The molecular weight excluding hydrogens is 324 g/mol. The number of anilines is 1. The molecule has 5 nitrogen and oxygen atoms in total. The van der Waals surface area contributed by atoms with Gasteiger partial charge in [-0.2, -0.15) is 0 Å². The number of hydrogen-bond donors (Lipinski definition) is 2. The van der Waals surface area contributed by atoms with Crippen LogP contribution >= 0.6 is 0 Å². The molecule has 0 radical (unpaired) electrons.